The molecule has 0 aliphatic carbocycles. The first-order valence-corrected chi connectivity index (χ1v) is 10.7. The van der Waals surface area contributed by atoms with Gasteiger partial charge < -0.3 is 5.32 Å². The van der Waals surface area contributed by atoms with Crippen LogP contribution in [0.1, 0.15) is 0 Å². The fourth-order valence-corrected chi connectivity index (χ4v) is 3.83. The molecule has 6 nitrogen and oxygen atoms in total. The van der Waals surface area contributed by atoms with Crippen molar-refractivity contribution in [2.45, 2.75) is 5.16 Å². The Hall–Kier alpha value is -2.94. The molecule has 4 rings (SSSR count). The van der Waals surface area contributed by atoms with Crippen molar-refractivity contribution < 1.29 is 9.18 Å². The van der Waals surface area contributed by atoms with Crippen LogP contribution in [0.2, 0.25) is 10.0 Å². The standard InChI is InChI=1S/C21H14Cl2FN5OS/c22-17-6-3-15(11-18(17)23)26-19(30)12-31-21-28-27-20(13-7-9-25-10-8-13)29(21)16-4-1-14(24)2-5-16/h1-11H,12H2,(H,26,30). The smallest absolute Gasteiger partial charge is 0.234 e. The molecule has 0 saturated heterocycles. The molecule has 2 aromatic heterocycles. The zero-order chi connectivity index (χ0) is 21.8. The molecule has 4 aromatic rings. The summed E-state index contributed by atoms with van der Waals surface area (Å²) in [5.74, 6) is 0.0389. The van der Waals surface area contributed by atoms with Gasteiger partial charge in [-0.1, -0.05) is 35.0 Å². The topological polar surface area (TPSA) is 72.7 Å². The number of carbonyl (C=O) groups is 1. The number of hydrogen-bond acceptors (Lipinski definition) is 5. The van der Waals surface area contributed by atoms with E-state index in [9.17, 15) is 9.18 Å². The van der Waals surface area contributed by atoms with E-state index in [4.69, 9.17) is 23.2 Å². The number of rotatable bonds is 6. The van der Waals surface area contributed by atoms with Crippen LogP contribution in [-0.2, 0) is 4.79 Å². The number of aromatic nitrogens is 4. The van der Waals surface area contributed by atoms with E-state index in [1.165, 1.54) is 23.9 Å². The number of carbonyl (C=O) groups excluding carboxylic acids is 1. The van der Waals surface area contributed by atoms with Crippen LogP contribution in [0.25, 0.3) is 17.1 Å². The van der Waals surface area contributed by atoms with E-state index in [1.807, 2.05) is 0 Å². The van der Waals surface area contributed by atoms with Crippen LogP contribution in [0.5, 0.6) is 0 Å². The number of halogens is 3. The molecule has 0 bridgehead atoms. The van der Waals surface area contributed by atoms with Gasteiger partial charge in [-0.25, -0.2) is 4.39 Å². The first kappa shape index (κ1) is 21.3. The molecule has 1 N–H and O–H groups in total. The van der Waals surface area contributed by atoms with Gasteiger partial charge in [-0.05, 0) is 54.6 Å². The third-order valence-electron chi connectivity index (χ3n) is 4.19. The molecule has 1 amide bonds. The Morgan fingerprint density at radius 3 is 2.45 bits per heavy atom. The highest BCUT2D eigenvalue weighted by Crippen LogP contribution is 2.28. The Morgan fingerprint density at radius 2 is 1.74 bits per heavy atom. The van der Waals surface area contributed by atoms with Gasteiger partial charge in [0.2, 0.25) is 5.91 Å². The Labute approximate surface area is 191 Å². The number of benzene rings is 2. The molecule has 31 heavy (non-hydrogen) atoms. The van der Waals surface area contributed by atoms with Crippen molar-refractivity contribution in [3.05, 3.63) is 82.9 Å². The van der Waals surface area contributed by atoms with Crippen molar-refractivity contribution in [2.24, 2.45) is 0 Å². The zero-order valence-electron chi connectivity index (χ0n) is 15.8. The number of amides is 1. The number of thioether (sulfide) groups is 1. The average Bonchev–Trinajstić information content (AvgIpc) is 3.20. The zero-order valence-corrected chi connectivity index (χ0v) is 18.1. The summed E-state index contributed by atoms with van der Waals surface area (Å²) in [4.78, 5) is 16.4. The Kier molecular flexibility index (Phi) is 6.50. The van der Waals surface area contributed by atoms with Gasteiger partial charge in [-0.2, -0.15) is 0 Å². The minimum atomic E-state index is -0.350. The van der Waals surface area contributed by atoms with Crippen molar-refractivity contribution in [3.63, 3.8) is 0 Å². The summed E-state index contributed by atoms with van der Waals surface area (Å²) in [5, 5.41) is 12.5. The second-order valence-electron chi connectivity index (χ2n) is 6.32. The first-order valence-electron chi connectivity index (χ1n) is 9.01. The van der Waals surface area contributed by atoms with Gasteiger partial charge in [0.15, 0.2) is 11.0 Å². The van der Waals surface area contributed by atoms with Gasteiger partial charge in [-0.3, -0.25) is 14.3 Å². The third-order valence-corrected chi connectivity index (χ3v) is 5.86. The lowest BCUT2D eigenvalue weighted by Crippen LogP contribution is -2.14. The quantitative estimate of drug-likeness (QED) is 0.374. The molecule has 2 heterocycles. The predicted octanol–water partition coefficient (Wildman–Crippen LogP) is 5.51. The number of nitrogens with one attached hydrogen (secondary N) is 1. The average molecular weight is 474 g/mol. The van der Waals surface area contributed by atoms with Crippen molar-refractivity contribution >= 4 is 46.6 Å². The summed E-state index contributed by atoms with van der Waals surface area (Å²) in [6.07, 6.45) is 3.30. The van der Waals surface area contributed by atoms with Crippen LogP contribution in [0, 0.1) is 5.82 Å². The lowest BCUT2D eigenvalue weighted by Gasteiger charge is -2.10. The van der Waals surface area contributed by atoms with E-state index in [0.717, 1.165) is 5.56 Å². The fourth-order valence-electron chi connectivity index (χ4n) is 2.78. The normalized spacial score (nSPS) is 10.8. The SMILES string of the molecule is O=C(CSc1nnc(-c2ccncc2)n1-c1ccc(F)cc1)Nc1ccc(Cl)c(Cl)c1. The number of nitrogens with zero attached hydrogens (tertiary/aromatic N) is 4. The van der Waals surface area contributed by atoms with Crippen LogP contribution in [0.4, 0.5) is 10.1 Å². The summed E-state index contributed by atoms with van der Waals surface area (Å²) in [6.45, 7) is 0. The van der Waals surface area contributed by atoms with Crippen LogP contribution in [0.15, 0.2) is 72.1 Å². The maximum atomic E-state index is 13.4. The molecule has 0 fully saturated rings. The van der Waals surface area contributed by atoms with E-state index in [1.54, 1.807) is 59.4 Å². The molecule has 156 valence electrons. The van der Waals surface area contributed by atoms with Crippen molar-refractivity contribution in [2.75, 3.05) is 11.1 Å². The Morgan fingerprint density at radius 1 is 1.00 bits per heavy atom. The van der Waals surface area contributed by atoms with Gasteiger partial charge in [0.25, 0.3) is 0 Å². The summed E-state index contributed by atoms with van der Waals surface area (Å²) in [5.41, 5.74) is 2.00. The van der Waals surface area contributed by atoms with E-state index in [0.29, 0.717) is 32.4 Å². The maximum absolute atomic E-state index is 13.4. The molecule has 2 aromatic carbocycles. The van der Waals surface area contributed by atoms with E-state index in [-0.39, 0.29) is 17.5 Å². The predicted molar refractivity (Wildman–Crippen MR) is 120 cm³/mol. The van der Waals surface area contributed by atoms with Crippen LogP contribution in [-0.4, -0.2) is 31.4 Å². The molecule has 0 unspecified atom stereocenters. The second kappa shape index (κ2) is 9.47. The minimum Gasteiger partial charge on any atom is -0.325 e. The molecule has 0 saturated carbocycles. The highest BCUT2D eigenvalue weighted by atomic mass is 35.5. The van der Waals surface area contributed by atoms with Gasteiger partial charge in [0, 0.05) is 29.3 Å². The molecule has 10 heteroatoms. The molecule has 0 atom stereocenters. The molecule has 0 aliphatic heterocycles. The van der Waals surface area contributed by atoms with Crippen LogP contribution >= 0.6 is 35.0 Å². The number of anilines is 1. The Bertz CT molecular complexity index is 1220. The summed E-state index contributed by atoms with van der Waals surface area (Å²) >= 11 is 13.1. The van der Waals surface area contributed by atoms with E-state index in [2.05, 4.69) is 20.5 Å². The molecule has 0 radical (unpaired) electrons. The highest BCUT2D eigenvalue weighted by Gasteiger charge is 2.17. The van der Waals surface area contributed by atoms with Crippen LogP contribution in [0.3, 0.4) is 0 Å². The summed E-state index contributed by atoms with van der Waals surface area (Å²) < 4.78 is 15.2. The maximum Gasteiger partial charge on any atom is 0.234 e. The molecule has 0 spiro atoms. The fraction of sp³-hybridized carbons (Fsp3) is 0.0476. The van der Waals surface area contributed by atoms with Gasteiger partial charge in [-0.15, -0.1) is 10.2 Å². The van der Waals surface area contributed by atoms with Crippen molar-refractivity contribution in [3.8, 4) is 17.1 Å². The largest absolute Gasteiger partial charge is 0.325 e. The summed E-state index contributed by atoms with van der Waals surface area (Å²) in [6, 6.07) is 14.4. The Balaban J connectivity index is 1.57. The second-order valence-corrected chi connectivity index (χ2v) is 8.08. The number of pyridine rings is 1. The van der Waals surface area contributed by atoms with Crippen LogP contribution < -0.4 is 5.32 Å². The van der Waals surface area contributed by atoms with Gasteiger partial charge >= 0.3 is 0 Å². The highest BCUT2D eigenvalue weighted by molar-refractivity contribution is 7.99. The van der Waals surface area contributed by atoms with Crippen molar-refractivity contribution in [1.29, 1.82) is 0 Å². The monoisotopic (exact) mass is 473 g/mol. The molecular weight excluding hydrogens is 460 g/mol. The summed E-state index contributed by atoms with van der Waals surface area (Å²) in [7, 11) is 0. The third kappa shape index (κ3) is 5.04. The lowest BCUT2D eigenvalue weighted by atomic mass is 10.2. The van der Waals surface area contributed by atoms with E-state index >= 15 is 0 Å². The minimum absolute atomic E-state index is 0.0793. The van der Waals surface area contributed by atoms with Gasteiger partial charge in [0.1, 0.15) is 5.82 Å². The number of hydrogen-bond donors (Lipinski definition) is 1. The van der Waals surface area contributed by atoms with Gasteiger partial charge in [0.05, 0.1) is 15.8 Å². The lowest BCUT2D eigenvalue weighted by molar-refractivity contribution is -0.113. The van der Waals surface area contributed by atoms with E-state index < -0.39 is 0 Å². The molecular formula is C21H14Cl2FN5OS. The molecule has 0 aliphatic rings. The van der Waals surface area contributed by atoms with Crippen molar-refractivity contribution in [1.82, 2.24) is 19.7 Å². The first-order chi connectivity index (χ1) is 15.0.